The summed E-state index contributed by atoms with van der Waals surface area (Å²) < 4.78 is 15.8. The maximum atomic E-state index is 13.8. The zero-order valence-electron chi connectivity index (χ0n) is 21.8. The molecule has 1 aliphatic heterocycles. The van der Waals surface area contributed by atoms with Crippen LogP contribution >= 0.6 is 0 Å². The molecule has 1 heterocycles. The fourth-order valence-electron chi connectivity index (χ4n) is 6.20. The summed E-state index contributed by atoms with van der Waals surface area (Å²) in [5.41, 5.74) is 4.57. The first-order chi connectivity index (χ1) is 18.9. The summed E-state index contributed by atoms with van der Waals surface area (Å²) in [6.45, 7) is 1.32. The Labute approximate surface area is 226 Å². The third kappa shape index (κ3) is 4.02. The average Bonchev–Trinajstić information content (AvgIpc) is 3.58. The molecule has 7 nitrogen and oxygen atoms in total. The molecule has 0 unspecified atom stereocenters. The molecule has 3 aliphatic rings. The van der Waals surface area contributed by atoms with Gasteiger partial charge in [0.25, 0.3) is 0 Å². The SMILES string of the molecule is COc1ccc(C(=C2[C@H]3C=C[C@H]2[C@H]2C(=O)N(c4ccc(OC(C)=O)cc4)C(=O)[C@@H]23)c2ccc(OC)cc2)cc1. The average molecular weight is 522 g/mol. The van der Waals surface area contributed by atoms with Gasteiger partial charge in [0.15, 0.2) is 0 Å². The number of fused-ring (bicyclic) bond motifs is 5. The first-order valence-electron chi connectivity index (χ1n) is 12.8. The number of hydrogen-bond acceptors (Lipinski definition) is 6. The van der Waals surface area contributed by atoms with Crippen molar-refractivity contribution in [3.8, 4) is 17.2 Å². The lowest BCUT2D eigenvalue weighted by molar-refractivity contribution is -0.132. The van der Waals surface area contributed by atoms with Crippen molar-refractivity contribution in [3.05, 3.63) is 102 Å². The third-order valence-electron chi connectivity index (χ3n) is 7.82. The quantitative estimate of drug-likeness (QED) is 0.195. The minimum absolute atomic E-state index is 0.194. The second-order valence-corrected chi connectivity index (χ2v) is 9.87. The fourth-order valence-corrected chi connectivity index (χ4v) is 6.20. The van der Waals surface area contributed by atoms with Gasteiger partial charge < -0.3 is 14.2 Å². The van der Waals surface area contributed by atoms with E-state index in [1.807, 2.05) is 48.5 Å². The van der Waals surface area contributed by atoms with E-state index in [2.05, 4.69) is 12.2 Å². The molecule has 2 aliphatic carbocycles. The third-order valence-corrected chi connectivity index (χ3v) is 7.82. The zero-order chi connectivity index (χ0) is 27.3. The molecule has 6 rings (SSSR count). The molecule has 2 fully saturated rings. The molecule has 3 aromatic rings. The maximum Gasteiger partial charge on any atom is 0.308 e. The van der Waals surface area contributed by atoms with Gasteiger partial charge in [-0.3, -0.25) is 14.4 Å². The van der Waals surface area contributed by atoms with E-state index in [-0.39, 0.29) is 23.7 Å². The lowest BCUT2D eigenvalue weighted by Crippen LogP contribution is -2.33. The fraction of sp³-hybridized carbons (Fsp3) is 0.219. The normalized spacial score (nSPS) is 22.7. The molecule has 0 spiro atoms. The highest BCUT2D eigenvalue weighted by atomic mass is 16.5. The minimum Gasteiger partial charge on any atom is -0.497 e. The van der Waals surface area contributed by atoms with Crippen LogP contribution in [0.15, 0.2) is 90.5 Å². The second-order valence-electron chi connectivity index (χ2n) is 9.87. The van der Waals surface area contributed by atoms with E-state index in [9.17, 15) is 14.4 Å². The van der Waals surface area contributed by atoms with Crippen LogP contribution < -0.4 is 19.1 Å². The molecular weight excluding hydrogens is 494 g/mol. The van der Waals surface area contributed by atoms with E-state index >= 15 is 0 Å². The van der Waals surface area contributed by atoms with Gasteiger partial charge in [-0.25, -0.2) is 4.90 Å². The van der Waals surface area contributed by atoms with Crippen LogP contribution in [-0.2, 0) is 14.4 Å². The van der Waals surface area contributed by atoms with Crippen LogP contribution in [0, 0.1) is 23.7 Å². The van der Waals surface area contributed by atoms with E-state index < -0.39 is 17.8 Å². The Kier molecular flexibility index (Phi) is 6.06. The molecule has 1 saturated carbocycles. The molecule has 4 atom stereocenters. The Morgan fingerprint density at radius 1 is 0.667 bits per heavy atom. The van der Waals surface area contributed by atoms with Crippen molar-refractivity contribution >= 4 is 29.0 Å². The molecule has 1 saturated heterocycles. The number of carbonyl (C=O) groups is 3. The highest BCUT2D eigenvalue weighted by Crippen LogP contribution is 2.59. The van der Waals surface area contributed by atoms with Gasteiger partial charge in [-0.05, 0) is 70.8 Å². The van der Waals surface area contributed by atoms with E-state index in [0.717, 1.165) is 33.8 Å². The van der Waals surface area contributed by atoms with Gasteiger partial charge in [0.1, 0.15) is 17.2 Å². The summed E-state index contributed by atoms with van der Waals surface area (Å²) in [6, 6.07) is 22.2. The Morgan fingerprint density at radius 2 is 1.10 bits per heavy atom. The van der Waals surface area contributed by atoms with E-state index in [4.69, 9.17) is 14.2 Å². The van der Waals surface area contributed by atoms with Crippen LogP contribution in [0.1, 0.15) is 18.1 Å². The smallest absolute Gasteiger partial charge is 0.308 e. The number of allylic oxidation sites excluding steroid dienone is 3. The van der Waals surface area contributed by atoms with E-state index in [1.54, 1.807) is 38.5 Å². The number of imide groups is 1. The topological polar surface area (TPSA) is 82.1 Å². The van der Waals surface area contributed by atoms with E-state index in [1.165, 1.54) is 11.8 Å². The van der Waals surface area contributed by atoms with Gasteiger partial charge >= 0.3 is 5.97 Å². The Morgan fingerprint density at radius 3 is 1.51 bits per heavy atom. The van der Waals surface area contributed by atoms with Crippen molar-refractivity contribution in [1.29, 1.82) is 0 Å². The van der Waals surface area contributed by atoms with Crippen molar-refractivity contribution in [2.24, 2.45) is 23.7 Å². The van der Waals surface area contributed by atoms with Gasteiger partial charge in [0, 0.05) is 18.8 Å². The standard InChI is InChI=1S/C32H27NO6/c1-18(34)39-24-14-8-21(9-15-24)33-31(35)29-25-16-17-26(30(29)32(33)36)28(25)27(19-4-10-22(37-2)11-5-19)20-6-12-23(38-3)13-7-20/h4-17,25-26,29-30H,1-3H3/t25-,26-,29-,30-/m1/s1. The minimum atomic E-state index is -0.470. The summed E-state index contributed by atoms with van der Waals surface area (Å²) in [6.07, 6.45) is 4.15. The summed E-state index contributed by atoms with van der Waals surface area (Å²) in [5.74, 6) is -0.304. The predicted molar refractivity (Wildman–Crippen MR) is 145 cm³/mol. The Hall–Kier alpha value is -4.65. The highest BCUT2D eigenvalue weighted by Gasteiger charge is 2.62. The van der Waals surface area contributed by atoms with Crippen molar-refractivity contribution in [3.63, 3.8) is 0 Å². The number of benzene rings is 3. The Balaban J connectivity index is 1.41. The molecule has 7 heteroatoms. The number of methoxy groups -OCH3 is 2. The Bertz CT molecular complexity index is 1430. The van der Waals surface area contributed by atoms with Gasteiger partial charge in [-0.15, -0.1) is 0 Å². The molecule has 0 aromatic heterocycles. The van der Waals surface area contributed by atoms with Crippen LogP contribution in [0.2, 0.25) is 0 Å². The summed E-state index contributed by atoms with van der Waals surface area (Å²) in [4.78, 5) is 40.1. The first kappa shape index (κ1) is 24.7. The van der Waals surface area contributed by atoms with Crippen molar-refractivity contribution in [2.45, 2.75) is 6.92 Å². The molecule has 0 N–H and O–H groups in total. The van der Waals surface area contributed by atoms with Gasteiger partial charge in [0.2, 0.25) is 11.8 Å². The number of esters is 1. The number of rotatable bonds is 6. The van der Waals surface area contributed by atoms with Crippen LogP contribution in [0.25, 0.3) is 5.57 Å². The number of anilines is 1. The summed E-state index contributed by atoms with van der Waals surface area (Å²) in [5, 5.41) is 0. The monoisotopic (exact) mass is 521 g/mol. The van der Waals surface area contributed by atoms with Gasteiger partial charge in [-0.1, -0.05) is 36.4 Å². The zero-order valence-corrected chi connectivity index (χ0v) is 21.8. The van der Waals surface area contributed by atoms with E-state index in [0.29, 0.717) is 11.4 Å². The summed E-state index contributed by atoms with van der Waals surface area (Å²) >= 11 is 0. The van der Waals surface area contributed by atoms with Gasteiger partial charge in [0.05, 0.1) is 31.7 Å². The molecular formula is C32H27NO6. The number of hydrogen-bond donors (Lipinski definition) is 0. The molecule has 196 valence electrons. The van der Waals surface area contributed by atoms with Crippen LogP contribution in [-0.4, -0.2) is 32.0 Å². The first-order valence-corrected chi connectivity index (χ1v) is 12.8. The molecule has 3 aromatic carbocycles. The number of ether oxygens (including phenoxy) is 3. The molecule has 2 bridgehead atoms. The van der Waals surface area contributed by atoms with Crippen molar-refractivity contribution in [2.75, 3.05) is 19.1 Å². The number of nitrogens with zero attached hydrogens (tertiary/aromatic N) is 1. The predicted octanol–water partition coefficient (Wildman–Crippen LogP) is 5.05. The molecule has 0 radical (unpaired) electrons. The molecule has 2 amide bonds. The van der Waals surface area contributed by atoms with Crippen molar-refractivity contribution < 1.29 is 28.6 Å². The maximum absolute atomic E-state index is 13.8. The van der Waals surface area contributed by atoms with Crippen LogP contribution in [0.4, 0.5) is 5.69 Å². The van der Waals surface area contributed by atoms with Crippen molar-refractivity contribution in [1.82, 2.24) is 0 Å². The molecule has 39 heavy (non-hydrogen) atoms. The number of amides is 2. The largest absolute Gasteiger partial charge is 0.497 e. The van der Waals surface area contributed by atoms with Gasteiger partial charge in [-0.2, -0.15) is 0 Å². The highest BCUT2D eigenvalue weighted by molar-refractivity contribution is 6.23. The lowest BCUT2D eigenvalue weighted by Gasteiger charge is -2.22. The second kappa shape index (κ2) is 9.58. The summed E-state index contributed by atoms with van der Waals surface area (Å²) in [7, 11) is 3.26. The van der Waals surface area contributed by atoms with Crippen LogP contribution in [0.3, 0.4) is 0 Å². The lowest BCUT2D eigenvalue weighted by atomic mass is 9.85. The van der Waals surface area contributed by atoms with Crippen LogP contribution in [0.5, 0.6) is 17.2 Å². The number of carbonyl (C=O) groups excluding carboxylic acids is 3.